The number of hydrogen-bond acceptors (Lipinski definition) is 1. The van der Waals surface area contributed by atoms with Crippen LogP contribution in [0.4, 0.5) is 4.39 Å². The number of carbonyl (C=O) groups is 1. The lowest BCUT2D eigenvalue weighted by atomic mass is 10.0. The van der Waals surface area contributed by atoms with Gasteiger partial charge in [-0.1, -0.05) is 35.0 Å². The lowest BCUT2D eigenvalue weighted by molar-refractivity contribution is 0.0935. The fourth-order valence-corrected chi connectivity index (χ4v) is 2.64. The molecule has 2 rings (SSSR count). The van der Waals surface area contributed by atoms with Crippen molar-refractivity contribution >= 4 is 37.8 Å². The molecule has 0 spiro atoms. The summed E-state index contributed by atoms with van der Waals surface area (Å²) in [6.45, 7) is 2.01. The number of hydrogen-bond donors (Lipinski definition) is 1. The summed E-state index contributed by atoms with van der Waals surface area (Å²) in [6.07, 6.45) is 0.774. The third-order valence-electron chi connectivity index (χ3n) is 3.17. The minimum absolute atomic E-state index is 0.0746. The molecule has 0 aliphatic heterocycles. The molecule has 2 aromatic rings. The van der Waals surface area contributed by atoms with E-state index in [1.165, 1.54) is 18.2 Å². The minimum atomic E-state index is -0.383. The Morgan fingerprint density at radius 3 is 2.43 bits per heavy atom. The van der Waals surface area contributed by atoms with Gasteiger partial charge in [-0.15, -0.1) is 0 Å². The largest absolute Gasteiger partial charge is 0.345 e. The molecule has 0 aliphatic rings. The maximum Gasteiger partial charge on any atom is 0.251 e. The van der Waals surface area contributed by atoms with Gasteiger partial charge in [-0.05, 0) is 58.2 Å². The quantitative estimate of drug-likeness (QED) is 0.728. The summed E-state index contributed by atoms with van der Waals surface area (Å²) in [7, 11) is 0. The number of rotatable bonds is 4. The van der Waals surface area contributed by atoms with Crippen molar-refractivity contribution in [1.82, 2.24) is 5.32 Å². The second-order valence-corrected chi connectivity index (χ2v) is 6.38. The molecule has 0 aromatic heterocycles. The molecule has 1 amide bonds. The molecule has 0 radical (unpaired) electrons. The highest BCUT2D eigenvalue weighted by molar-refractivity contribution is 9.10. The highest BCUT2D eigenvalue weighted by atomic mass is 79.9. The second-order valence-electron chi connectivity index (χ2n) is 4.61. The Bertz CT molecular complexity index is 643. The van der Waals surface area contributed by atoms with Gasteiger partial charge in [0.05, 0.1) is 10.5 Å². The first-order chi connectivity index (χ1) is 10.0. The van der Waals surface area contributed by atoms with Crippen LogP contribution in [0.1, 0.15) is 35.3 Å². The topological polar surface area (TPSA) is 29.1 Å². The summed E-state index contributed by atoms with van der Waals surface area (Å²) in [4.78, 5) is 12.3. The SMILES string of the molecule is CCC(NC(=O)c1ccc(F)c(Br)c1)c1ccc(Br)cc1. The van der Waals surface area contributed by atoms with Crippen molar-refractivity contribution in [2.24, 2.45) is 0 Å². The summed E-state index contributed by atoms with van der Waals surface area (Å²) in [5.41, 5.74) is 1.47. The zero-order chi connectivity index (χ0) is 15.4. The van der Waals surface area contributed by atoms with Crippen molar-refractivity contribution < 1.29 is 9.18 Å². The van der Waals surface area contributed by atoms with Gasteiger partial charge < -0.3 is 5.32 Å². The normalized spacial score (nSPS) is 12.0. The number of carbonyl (C=O) groups excluding carboxylic acids is 1. The van der Waals surface area contributed by atoms with Crippen LogP contribution in [-0.4, -0.2) is 5.91 Å². The highest BCUT2D eigenvalue weighted by Crippen LogP contribution is 2.21. The molecular weight excluding hydrogens is 401 g/mol. The lowest BCUT2D eigenvalue weighted by Crippen LogP contribution is -2.28. The molecule has 110 valence electrons. The van der Waals surface area contributed by atoms with Crippen molar-refractivity contribution in [3.8, 4) is 0 Å². The fraction of sp³-hybridized carbons (Fsp3) is 0.188. The molecule has 0 saturated carbocycles. The number of nitrogens with one attached hydrogen (secondary N) is 1. The molecule has 2 nitrogen and oxygen atoms in total. The molecular formula is C16H14Br2FNO. The average molecular weight is 415 g/mol. The molecule has 2 aromatic carbocycles. The molecule has 1 N–H and O–H groups in total. The van der Waals surface area contributed by atoms with E-state index in [0.717, 1.165) is 16.5 Å². The van der Waals surface area contributed by atoms with Crippen LogP contribution in [0.25, 0.3) is 0 Å². The predicted molar refractivity (Wildman–Crippen MR) is 88.7 cm³/mol. The van der Waals surface area contributed by atoms with Gasteiger partial charge in [0.15, 0.2) is 0 Å². The van der Waals surface area contributed by atoms with E-state index in [1.807, 2.05) is 31.2 Å². The van der Waals surface area contributed by atoms with Crippen LogP contribution in [0.2, 0.25) is 0 Å². The molecule has 5 heteroatoms. The number of benzene rings is 2. The fourth-order valence-electron chi connectivity index (χ4n) is 2.00. The van der Waals surface area contributed by atoms with Crippen LogP contribution in [-0.2, 0) is 0 Å². The molecule has 0 bridgehead atoms. The highest BCUT2D eigenvalue weighted by Gasteiger charge is 2.15. The van der Waals surface area contributed by atoms with E-state index in [-0.39, 0.29) is 22.2 Å². The van der Waals surface area contributed by atoms with Gasteiger partial charge in [-0.2, -0.15) is 0 Å². The molecule has 0 heterocycles. The first-order valence-electron chi connectivity index (χ1n) is 6.52. The van der Waals surface area contributed by atoms with E-state index in [4.69, 9.17) is 0 Å². The molecule has 0 saturated heterocycles. The van der Waals surface area contributed by atoms with Gasteiger partial charge in [-0.25, -0.2) is 4.39 Å². The van der Waals surface area contributed by atoms with Crippen LogP contribution >= 0.6 is 31.9 Å². The van der Waals surface area contributed by atoms with E-state index in [9.17, 15) is 9.18 Å². The summed E-state index contributed by atoms with van der Waals surface area (Å²) in [5, 5.41) is 2.97. The van der Waals surface area contributed by atoms with Crippen LogP contribution in [0.15, 0.2) is 51.4 Å². The third kappa shape index (κ3) is 4.14. The van der Waals surface area contributed by atoms with Crippen molar-refractivity contribution in [3.05, 3.63) is 68.4 Å². The summed E-state index contributed by atoms with van der Waals surface area (Å²) in [6, 6.07) is 12.0. The molecule has 21 heavy (non-hydrogen) atoms. The number of amides is 1. The van der Waals surface area contributed by atoms with Gasteiger partial charge in [0.2, 0.25) is 0 Å². The summed E-state index contributed by atoms with van der Waals surface area (Å²) < 4.78 is 14.5. The van der Waals surface area contributed by atoms with Gasteiger partial charge >= 0.3 is 0 Å². The Morgan fingerprint density at radius 2 is 1.86 bits per heavy atom. The lowest BCUT2D eigenvalue weighted by Gasteiger charge is -2.17. The maximum absolute atomic E-state index is 13.2. The smallest absolute Gasteiger partial charge is 0.251 e. The van der Waals surface area contributed by atoms with E-state index >= 15 is 0 Å². The van der Waals surface area contributed by atoms with Crippen LogP contribution in [0.5, 0.6) is 0 Å². The zero-order valence-electron chi connectivity index (χ0n) is 11.4. The van der Waals surface area contributed by atoms with Crippen molar-refractivity contribution in [3.63, 3.8) is 0 Å². The summed E-state index contributed by atoms with van der Waals surface area (Å²) in [5.74, 6) is -0.600. The Labute approximate surface area is 140 Å². The van der Waals surface area contributed by atoms with Crippen molar-refractivity contribution in [1.29, 1.82) is 0 Å². The van der Waals surface area contributed by atoms with E-state index in [2.05, 4.69) is 37.2 Å². The average Bonchev–Trinajstić information content (AvgIpc) is 2.48. The Hall–Kier alpha value is -1.20. The standard InChI is InChI=1S/C16H14Br2FNO/c1-2-15(10-3-6-12(17)7-4-10)20-16(21)11-5-8-14(19)13(18)9-11/h3-9,15H,2H2,1H3,(H,20,21). The third-order valence-corrected chi connectivity index (χ3v) is 4.30. The van der Waals surface area contributed by atoms with Crippen LogP contribution in [0.3, 0.4) is 0 Å². The minimum Gasteiger partial charge on any atom is -0.345 e. The maximum atomic E-state index is 13.2. The molecule has 1 atom stereocenters. The Morgan fingerprint density at radius 1 is 1.19 bits per heavy atom. The van der Waals surface area contributed by atoms with E-state index in [1.54, 1.807) is 0 Å². The zero-order valence-corrected chi connectivity index (χ0v) is 14.5. The molecule has 0 aliphatic carbocycles. The van der Waals surface area contributed by atoms with Gasteiger partial charge in [0.1, 0.15) is 5.82 Å². The number of halogens is 3. The van der Waals surface area contributed by atoms with Gasteiger partial charge in [0, 0.05) is 10.0 Å². The summed E-state index contributed by atoms with van der Waals surface area (Å²) >= 11 is 6.48. The van der Waals surface area contributed by atoms with Crippen LogP contribution in [0, 0.1) is 5.82 Å². The van der Waals surface area contributed by atoms with Gasteiger partial charge in [0.25, 0.3) is 5.91 Å². The first kappa shape index (κ1) is 16.2. The first-order valence-corrected chi connectivity index (χ1v) is 8.11. The van der Waals surface area contributed by atoms with Crippen molar-refractivity contribution in [2.45, 2.75) is 19.4 Å². The Balaban J connectivity index is 2.15. The van der Waals surface area contributed by atoms with Crippen LogP contribution < -0.4 is 5.32 Å². The molecule has 1 unspecified atom stereocenters. The van der Waals surface area contributed by atoms with Gasteiger partial charge in [-0.3, -0.25) is 4.79 Å². The molecule has 0 fully saturated rings. The Kier molecular flexibility index (Phi) is 5.53. The van der Waals surface area contributed by atoms with Crippen molar-refractivity contribution in [2.75, 3.05) is 0 Å². The second kappa shape index (κ2) is 7.18. The van der Waals surface area contributed by atoms with E-state index < -0.39 is 0 Å². The predicted octanol–water partition coefficient (Wildman–Crippen LogP) is 5.23. The van der Waals surface area contributed by atoms with E-state index in [0.29, 0.717) is 5.56 Å². The monoisotopic (exact) mass is 413 g/mol.